The van der Waals surface area contributed by atoms with Crippen LogP contribution in [0.1, 0.15) is 5.56 Å². The fraction of sp³-hybridized carbons (Fsp3) is 0.125. The average molecular weight is 573 g/mol. The SMILES string of the molecule is O=[N+]([O-])c1ccc(C=Nc2cccc(Nc3nc(N4CCOCC4)nc(N(c4ccccc4)c4ccccc4)n3)c2)cc1. The van der Waals surface area contributed by atoms with Crippen LogP contribution in [0.3, 0.4) is 0 Å². The van der Waals surface area contributed by atoms with E-state index in [1.54, 1.807) is 18.3 Å². The zero-order valence-corrected chi connectivity index (χ0v) is 23.2. The number of benzene rings is 4. The summed E-state index contributed by atoms with van der Waals surface area (Å²) in [5.41, 5.74) is 4.07. The highest BCUT2D eigenvalue weighted by molar-refractivity contribution is 5.82. The predicted octanol–water partition coefficient (Wildman–Crippen LogP) is 6.58. The Kier molecular flexibility index (Phi) is 8.23. The molecule has 43 heavy (non-hydrogen) atoms. The van der Waals surface area contributed by atoms with Crippen molar-refractivity contribution in [1.29, 1.82) is 0 Å². The number of para-hydroxylation sites is 2. The van der Waals surface area contributed by atoms with Gasteiger partial charge in [-0.2, -0.15) is 15.0 Å². The molecule has 5 aromatic rings. The highest BCUT2D eigenvalue weighted by Gasteiger charge is 2.21. The van der Waals surface area contributed by atoms with Gasteiger partial charge in [0.15, 0.2) is 0 Å². The summed E-state index contributed by atoms with van der Waals surface area (Å²) < 4.78 is 5.57. The van der Waals surface area contributed by atoms with Gasteiger partial charge < -0.3 is 15.0 Å². The minimum Gasteiger partial charge on any atom is -0.378 e. The molecule has 0 amide bonds. The third kappa shape index (κ3) is 6.80. The molecule has 1 aliphatic rings. The number of aromatic nitrogens is 3. The first-order valence-corrected chi connectivity index (χ1v) is 13.8. The quantitative estimate of drug-likeness (QED) is 0.119. The van der Waals surface area contributed by atoms with Crippen LogP contribution in [-0.4, -0.2) is 52.4 Å². The van der Waals surface area contributed by atoms with Gasteiger partial charge in [-0.25, -0.2) is 0 Å². The molecule has 0 aliphatic carbocycles. The summed E-state index contributed by atoms with van der Waals surface area (Å²) >= 11 is 0. The number of hydrogen-bond acceptors (Lipinski definition) is 10. The maximum absolute atomic E-state index is 10.9. The molecule has 2 heterocycles. The molecule has 1 aromatic heterocycles. The van der Waals surface area contributed by atoms with Gasteiger partial charge >= 0.3 is 0 Å². The molecule has 0 unspecified atom stereocenters. The fourth-order valence-electron chi connectivity index (χ4n) is 4.57. The molecule has 0 saturated carbocycles. The number of ether oxygens (including phenoxy) is 1. The molecule has 11 nitrogen and oxygen atoms in total. The summed E-state index contributed by atoms with van der Waals surface area (Å²) in [5.74, 6) is 1.42. The molecule has 11 heteroatoms. The molecule has 1 saturated heterocycles. The number of anilines is 6. The summed E-state index contributed by atoms with van der Waals surface area (Å²) in [6.45, 7) is 2.54. The lowest BCUT2D eigenvalue weighted by molar-refractivity contribution is -0.384. The van der Waals surface area contributed by atoms with Crippen molar-refractivity contribution in [3.63, 3.8) is 0 Å². The molecule has 6 rings (SSSR count). The predicted molar refractivity (Wildman–Crippen MR) is 168 cm³/mol. The van der Waals surface area contributed by atoms with Crippen molar-refractivity contribution in [2.45, 2.75) is 0 Å². The topological polar surface area (TPSA) is 122 Å². The molecule has 1 aliphatic heterocycles. The van der Waals surface area contributed by atoms with Gasteiger partial charge in [0.2, 0.25) is 17.8 Å². The number of rotatable bonds is 9. The maximum Gasteiger partial charge on any atom is 0.269 e. The van der Waals surface area contributed by atoms with Gasteiger partial charge in [0.05, 0.1) is 23.8 Å². The highest BCUT2D eigenvalue weighted by atomic mass is 16.6. The van der Waals surface area contributed by atoms with E-state index in [0.717, 1.165) is 22.6 Å². The number of nitro benzene ring substituents is 1. The number of nitrogens with zero attached hydrogens (tertiary/aromatic N) is 7. The Morgan fingerprint density at radius 3 is 2.16 bits per heavy atom. The highest BCUT2D eigenvalue weighted by Crippen LogP contribution is 2.33. The maximum atomic E-state index is 10.9. The first kappa shape index (κ1) is 27.5. The third-order valence-electron chi connectivity index (χ3n) is 6.70. The van der Waals surface area contributed by atoms with E-state index in [-0.39, 0.29) is 5.69 Å². The van der Waals surface area contributed by atoms with Crippen molar-refractivity contribution in [1.82, 2.24) is 15.0 Å². The molecule has 214 valence electrons. The lowest BCUT2D eigenvalue weighted by Crippen LogP contribution is -2.37. The number of hydrogen-bond donors (Lipinski definition) is 1. The number of aliphatic imine (C=N–C) groups is 1. The summed E-state index contributed by atoms with van der Waals surface area (Å²) in [6, 6.07) is 33.7. The van der Waals surface area contributed by atoms with E-state index in [1.807, 2.05) is 89.8 Å². The molecule has 0 spiro atoms. The van der Waals surface area contributed by atoms with Crippen molar-refractivity contribution < 1.29 is 9.66 Å². The van der Waals surface area contributed by atoms with Crippen LogP contribution in [0.15, 0.2) is 114 Å². The van der Waals surface area contributed by atoms with Crippen molar-refractivity contribution in [2.75, 3.05) is 41.4 Å². The van der Waals surface area contributed by atoms with E-state index in [1.165, 1.54) is 12.1 Å². The lowest BCUT2D eigenvalue weighted by Gasteiger charge is -2.29. The van der Waals surface area contributed by atoms with Gasteiger partial charge in [-0.3, -0.25) is 20.0 Å². The molecule has 0 atom stereocenters. The zero-order chi connectivity index (χ0) is 29.4. The van der Waals surface area contributed by atoms with E-state index in [9.17, 15) is 10.1 Å². The smallest absolute Gasteiger partial charge is 0.269 e. The van der Waals surface area contributed by atoms with E-state index < -0.39 is 4.92 Å². The minimum atomic E-state index is -0.425. The molecule has 1 fully saturated rings. The zero-order valence-electron chi connectivity index (χ0n) is 23.2. The first-order valence-electron chi connectivity index (χ1n) is 13.8. The van der Waals surface area contributed by atoms with Gasteiger partial charge in [-0.05, 0) is 60.2 Å². The van der Waals surface area contributed by atoms with Gasteiger partial charge in [0.1, 0.15) is 0 Å². The Morgan fingerprint density at radius 2 is 1.51 bits per heavy atom. The normalized spacial score (nSPS) is 13.2. The van der Waals surface area contributed by atoms with Crippen molar-refractivity contribution in [3.8, 4) is 0 Å². The number of morpholine rings is 1. The van der Waals surface area contributed by atoms with Crippen LogP contribution in [0.2, 0.25) is 0 Å². The molecular formula is C32H28N8O3. The Bertz CT molecular complexity index is 1670. The largest absolute Gasteiger partial charge is 0.378 e. The summed E-state index contributed by atoms with van der Waals surface area (Å²) in [7, 11) is 0. The number of non-ortho nitro benzene ring substituents is 1. The average Bonchev–Trinajstić information content (AvgIpc) is 3.06. The van der Waals surface area contributed by atoms with Crippen molar-refractivity contribution >= 4 is 52.5 Å². The molecule has 0 bridgehead atoms. The molecule has 1 N–H and O–H groups in total. The molecule has 4 aromatic carbocycles. The Labute approximate surface area is 248 Å². The summed E-state index contributed by atoms with van der Waals surface area (Å²) in [4.78, 5) is 33.7. The van der Waals surface area contributed by atoms with E-state index in [4.69, 9.17) is 19.7 Å². The lowest BCUT2D eigenvalue weighted by atomic mass is 10.2. The van der Waals surface area contributed by atoms with Crippen molar-refractivity contribution in [2.24, 2.45) is 4.99 Å². The second kappa shape index (κ2) is 12.9. The van der Waals surface area contributed by atoms with Gasteiger partial charge in [0, 0.05) is 48.5 Å². The Hall–Kier alpha value is -5.68. The van der Waals surface area contributed by atoms with Crippen LogP contribution in [-0.2, 0) is 4.74 Å². The Morgan fingerprint density at radius 1 is 0.837 bits per heavy atom. The second-order valence-corrected chi connectivity index (χ2v) is 9.65. The van der Waals surface area contributed by atoms with Gasteiger partial charge in [-0.1, -0.05) is 42.5 Å². The summed E-state index contributed by atoms with van der Waals surface area (Å²) in [5, 5.41) is 14.3. The van der Waals surface area contributed by atoms with Crippen LogP contribution < -0.4 is 15.1 Å². The van der Waals surface area contributed by atoms with E-state index in [0.29, 0.717) is 49.8 Å². The first-order chi connectivity index (χ1) is 21.1. The van der Waals surface area contributed by atoms with Crippen LogP contribution in [0.5, 0.6) is 0 Å². The van der Waals surface area contributed by atoms with Crippen LogP contribution in [0.25, 0.3) is 0 Å². The minimum absolute atomic E-state index is 0.0367. The second-order valence-electron chi connectivity index (χ2n) is 9.65. The van der Waals surface area contributed by atoms with Crippen molar-refractivity contribution in [3.05, 3.63) is 125 Å². The third-order valence-corrected chi connectivity index (χ3v) is 6.70. The Balaban J connectivity index is 1.33. The van der Waals surface area contributed by atoms with Crippen LogP contribution >= 0.6 is 0 Å². The fourth-order valence-corrected chi connectivity index (χ4v) is 4.57. The van der Waals surface area contributed by atoms with Crippen LogP contribution in [0.4, 0.5) is 46.3 Å². The monoisotopic (exact) mass is 572 g/mol. The van der Waals surface area contributed by atoms with E-state index in [2.05, 4.69) is 15.2 Å². The van der Waals surface area contributed by atoms with Crippen LogP contribution in [0, 0.1) is 10.1 Å². The molecule has 0 radical (unpaired) electrons. The van der Waals surface area contributed by atoms with E-state index >= 15 is 0 Å². The van der Waals surface area contributed by atoms with Gasteiger partial charge in [-0.15, -0.1) is 0 Å². The summed E-state index contributed by atoms with van der Waals surface area (Å²) in [6.07, 6.45) is 1.66. The standard InChI is InChI=1S/C32H28N8O3/c41-40(42)29-16-14-24(15-17-29)23-33-25-8-7-9-26(22-25)34-30-35-31(38-18-20-43-21-19-38)37-32(36-30)39(27-10-3-1-4-11-27)28-12-5-2-6-13-28/h1-17,22-23H,18-21H2,(H,34,35,36,37). The van der Waals surface area contributed by atoms with Gasteiger partial charge in [0.25, 0.3) is 5.69 Å². The number of nitro groups is 1. The number of nitrogens with one attached hydrogen (secondary N) is 1. The molecular weight excluding hydrogens is 544 g/mol.